The summed E-state index contributed by atoms with van der Waals surface area (Å²) in [4.78, 5) is 38.9. The van der Waals surface area contributed by atoms with Crippen molar-refractivity contribution < 1.29 is 14.4 Å². The second-order valence-electron chi connectivity index (χ2n) is 4.56. The van der Waals surface area contributed by atoms with Crippen LogP contribution in [0.4, 0.5) is 5.13 Å². The lowest BCUT2D eigenvalue weighted by molar-refractivity contribution is -0.136. The fraction of sp³-hybridized carbons (Fsp3) is 0.286. The van der Waals surface area contributed by atoms with Crippen molar-refractivity contribution in [2.45, 2.75) is 13.3 Å². The van der Waals surface area contributed by atoms with E-state index >= 15 is 0 Å². The molecule has 0 saturated carbocycles. The Kier molecular flexibility index (Phi) is 6.32. The number of amides is 3. The van der Waals surface area contributed by atoms with Crippen LogP contribution in [0.25, 0.3) is 0 Å². The predicted molar refractivity (Wildman–Crippen MR) is 87.5 cm³/mol. The van der Waals surface area contributed by atoms with E-state index in [1.165, 1.54) is 23.7 Å². The Labute approximate surface area is 141 Å². The van der Waals surface area contributed by atoms with Crippen molar-refractivity contribution in [3.63, 3.8) is 0 Å². The Balaban J connectivity index is 1.69. The molecule has 2 rings (SSSR count). The maximum atomic E-state index is 11.8. The van der Waals surface area contributed by atoms with Crippen LogP contribution in [-0.4, -0.2) is 46.0 Å². The summed E-state index contributed by atoms with van der Waals surface area (Å²) in [6, 6.07) is 3.15. The normalized spacial score (nSPS) is 10.0. The second kappa shape index (κ2) is 8.67. The van der Waals surface area contributed by atoms with E-state index in [9.17, 15) is 14.4 Å². The summed E-state index contributed by atoms with van der Waals surface area (Å²) < 4.78 is 0. The molecule has 0 fully saturated rings. The zero-order valence-corrected chi connectivity index (χ0v) is 13.7. The molecule has 0 bridgehead atoms. The predicted octanol–water partition coefficient (Wildman–Crippen LogP) is -0.0198. The van der Waals surface area contributed by atoms with E-state index in [2.05, 4.69) is 31.1 Å². The van der Waals surface area contributed by atoms with Crippen molar-refractivity contribution in [1.82, 2.24) is 25.8 Å². The zero-order chi connectivity index (χ0) is 17.4. The van der Waals surface area contributed by atoms with Crippen molar-refractivity contribution in [2.24, 2.45) is 0 Å². The van der Waals surface area contributed by atoms with Gasteiger partial charge in [0.1, 0.15) is 5.01 Å². The van der Waals surface area contributed by atoms with E-state index in [1.807, 2.05) is 6.92 Å². The van der Waals surface area contributed by atoms with Crippen LogP contribution >= 0.6 is 11.3 Å². The maximum Gasteiger partial charge on any atom is 0.315 e. The number of aryl methyl sites for hydroxylation is 1. The van der Waals surface area contributed by atoms with Crippen LogP contribution in [0.3, 0.4) is 0 Å². The molecule has 9 nitrogen and oxygen atoms in total. The van der Waals surface area contributed by atoms with Crippen LogP contribution in [0.2, 0.25) is 0 Å². The number of pyridine rings is 1. The SMILES string of the molecule is CCc1nnc(NC(=O)C(=O)NCCNC(=O)c2ccncc2)s1. The van der Waals surface area contributed by atoms with E-state index in [0.29, 0.717) is 12.0 Å². The third-order valence-corrected chi connectivity index (χ3v) is 3.82. The van der Waals surface area contributed by atoms with Gasteiger partial charge in [0.05, 0.1) is 0 Å². The molecule has 2 aromatic rings. The number of aromatic nitrogens is 3. The van der Waals surface area contributed by atoms with Crippen LogP contribution in [0.5, 0.6) is 0 Å². The lowest BCUT2D eigenvalue weighted by atomic mass is 10.2. The highest BCUT2D eigenvalue weighted by molar-refractivity contribution is 7.15. The van der Waals surface area contributed by atoms with Crippen molar-refractivity contribution >= 4 is 34.2 Å². The van der Waals surface area contributed by atoms with Gasteiger partial charge in [0, 0.05) is 31.0 Å². The first kappa shape index (κ1) is 17.5. The molecule has 0 aromatic carbocycles. The van der Waals surface area contributed by atoms with Gasteiger partial charge in [0.25, 0.3) is 5.91 Å². The monoisotopic (exact) mass is 348 g/mol. The quantitative estimate of drug-likeness (QED) is 0.497. The smallest absolute Gasteiger partial charge is 0.315 e. The third-order valence-electron chi connectivity index (χ3n) is 2.83. The number of carbonyl (C=O) groups excluding carboxylic acids is 3. The number of hydrogen-bond acceptors (Lipinski definition) is 7. The van der Waals surface area contributed by atoms with E-state index in [0.717, 1.165) is 5.01 Å². The molecule has 0 atom stereocenters. The van der Waals surface area contributed by atoms with Gasteiger partial charge in [-0.25, -0.2) is 0 Å². The molecular weight excluding hydrogens is 332 g/mol. The van der Waals surface area contributed by atoms with Gasteiger partial charge in [0.2, 0.25) is 5.13 Å². The summed E-state index contributed by atoms with van der Waals surface area (Å²) in [6.07, 6.45) is 3.73. The minimum atomic E-state index is -0.825. The molecule has 10 heteroatoms. The third kappa shape index (κ3) is 5.09. The average molecular weight is 348 g/mol. The van der Waals surface area contributed by atoms with Crippen molar-refractivity contribution in [2.75, 3.05) is 18.4 Å². The molecule has 24 heavy (non-hydrogen) atoms. The molecule has 2 aromatic heterocycles. The zero-order valence-electron chi connectivity index (χ0n) is 12.9. The van der Waals surface area contributed by atoms with Gasteiger partial charge in [-0.15, -0.1) is 10.2 Å². The first-order valence-corrected chi connectivity index (χ1v) is 8.01. The molecule has 0 unspecified atom stereocenters. The minimum Gasteiger partial charge on any atom is -0.350 e. The second-order valence-corrected chi connectivity index (χ2v) is 5.62. The van der Waals surface area contributed by atoms with Gasteiger partial charge in [-0.05, 0) is 18.6 Å². The van der Waals surface area contributed by atoms with Crippen LogP contribution in [0.15, 0.2) is 24.5 Å². The number of rotatable bonds is 6. The molecule has 0 aliphatic rings. The molecule has 0 radical (unpaired) electrons. The molecule has 0 aliphatic carbocycles. The molecular formula is C14H16N6O3S. The summed E-state index contributed by atoms with van der Waals surface area (Å²) >= 11 is 1.21. The lowest BCUT2D eigenvalue weighted by Gasteiger charge is -2.06. The summed E-state index contributed by atoms with van der Waals surface area (Å²) in [5.74, 6) is -1.91. The summed E-state index contributed by atoms with van der Waals surface area (Å²) in [5.41, 5.74) is 0.470. The first-order valence-electron chi connectivity index (χ1n) is 7.20. The molecule has 3 N–H and O–H groups in total. The largest absolute Gasteiger partial charge is 0.350 e. The van der Waals surface area contributed by atoms with Crippen LogP contribution in [0.1, 0.15) is 22.3 Å². The van der Waals surface area contributed by atoms with E-state index in [-0.39, 0.29) is 24.1 Å². The standard InChI is InChI=1S/C14H16N6O3S/c1-2-10-19-20-14(24-10)18-13(23)12(22)17-8-7-16-11(21)9-3-5-15-6-4-9/h3-6H,2,7-8H2,1H3,(H,16,21)(H,17,22)(H,18,20,23). The van der Waals surface area contributed by atoms with Crippen LogP contribution in [0, 0.1) is 0 Å². The number of nitrogens with zero attached hydrogens (tertiary/aromatic N) is 3. The van der Waals surface area contributed by atoms with Crippen LogP contribution in [-0.2, 0) is 16.0 Å². The first-order chi connectivity index (χ1) is 11.6. The highest BCUT2D eigenvalue weighted by Gasteiger charge is 2.15. The summed E-state index contributed by atoms with van der Waals surface area (Å²) in [7, 11) is 0. The molecule has 0 spiro atoms. The van der Waals surface area contributed by atoms with Gasteiger partial charge < -0.3 is 10.6 Å². The van der Waals surface area contributed by atoms with Gasteiger partial charge >= 0.3 is 11.8 Å². The number of anilines is 1. The minimum absolute atomic E-state index is 0.124. The highest BCUT2D eigenvalue weighted by atomic mass is 32.1. The Morgan fingerprint density at radius 1 is 1.04 bits per heavy atom. The van der Waals surface area contributed by atoms with Crippen molar-refractivity contribution in [3.05, 3.63) is 35.1 Å². The molecule has 2 heterocycles. The molecule has 0 aliphatic heterocycles. The topological polar surface area (TPSA) is 126 Å². The van der Waals surface area contributed by atoms with Crippen molar-refractivity contribution in [1.29, 1.82) is 0 Å². The van der Waals surface area contributed by atoms with Gasteiger partial charge in [-0.3, -0.25) is 24.7 Å². The van der Waals surface area contributed by atoms with Gasteiger partial charge in [-0.2, -0.15) is 0 Å². The van der Waals surface area contributed by atoms with Gasteiger partial charge in [-0.1, -0.05) is 18.3 Å². The van der Waals surface area contributed by atoms with Crippen LogP contribution < -0.4 is 16.0 Å². The van der Waals surface area contributed by atoms with E-state index in [4.69, 9.17) is 0 Å². The Hall–Kier alpha value is -2.88. The summed E-state index contributed by atoms with van der Waals surface area (Å²) in [5, 5.41) is 16.0. The fourth-order valence-corrected chi connectivity index (χ4v) is 2.31. The molecule has 126 valence electrons. The molecule has 3 amide bonds. The Morgan fingerprint density at radius 2 is 1.75 bits per heavy atom. The maximum absolute atomic E-state index is 11.8. The number of nitrogens with one attached hydrogen (secondary N) is 3. The van der Waals surface area contributed by atoms with Gasteiger partial charge in [0.15, 0.2) is 0 Å². The lowest BCUT2D eigenvalue weighted by Crippen LogP contribution is -2.40. The fourth-order valence-electron chi connectivity index (χ4n) is 1.64. The average Bonchev–Trinajstić information content (AvgIpc) is 3.06. The number of carbonyl (C=O) groups is 3. The molecule has 0 saturated heterocycles. The highest BCUT2D eigenvalue weighted by Crippen LogP contribution is 2.14. The van der Waals surface area contributed by atoms with E-state index in [1.54, 1.807) is 12.1 Å². The Bertz CT molecular complexity index is 718. The number of hydrogen-bond donors (Lipinski definition) is 3. The summed E-state index contributed by atoms with van der Waals surface area (Å²) in [6.45, 7) is 2.23. The van der Waals surface area contributed by atoms with E-state index < -0.39 is 11.8 Å². The van der Waals surface area contributed by atoms with Crippen molar-refractivity contribution in [3.8, 4) is 0 Å². The Morgan fingerprint density at radius 3 is 2.42 bits per heavy atom.